The van der Waals surface area contributed by atoms with Crippen molar-refractivity contribution in [2.45, 2.75) is 44.3 Å². The normalized spacial score (nSPS) is 14.2. The zero-order valence-corrected chi connectivity index (χ0v) is 17.7. The van der Waals surface area contributed by atoms with Crippen molar-refractivity contribution < 1.29 is 19.6 Å². The van der Waals surface area contributed by atoms with E-state index in [4.69, 9.17) is 0 Å². The van der Waals surface area contributed by atoms with Gasteiger partial charge in [0.05, 0.1) is 0 Å². The fourth-order valence-electron chi connectivity index (χ4n) is 2.24. The molecule has 0 fully saturated rings. The van der Waals surface area contributed by atoms with Gasteiger partial charge in [-0.05, 0) is 25.7 Å². The van der Waals surface area contributed by atoms with E-state index < -0.39 is 26.5 Å². The SMILES string of the molecule is CC/C=C/C/C=C/C/C=C/C=C/C=C/C=C/C/C=C/C([N+](=O)[O-])C([C]=O)([N+](=O)[O-])[N+](=O)[O-]. The Morgan fingerprint density at radius 3 is 1.59 bits per heavy atom. The van der Waals surface area contributed by atoms with E-state index in [1.165, 1.54) is 0 Å². The number of allylic oxidation sites excluding steroid dienone is 13. The summed E-state index contributed by atoms with van der Waals surface area (Å²) in [5.74, 6) is 0. The highest BCUT2D eigenvalue weighted by molar-refractivity contribution is 5.62. The average molecular weight is 444 g/mol. The van der Waals surface area contributed by atoms with Gasteiger partial charge in [0.25, 0.3) is 0 Å². The Morgan fingerprint density at radius 2 is 1.16 bits per heavy atom. The lowest BCUT2D eigenvalue weighted by Crippen LogP contribution is -2.59. The highest BCUT2D eigenvalue weighted by Gasteiger charge is 2.71. The largest absolute Gasteiger partial charge is 0.592 e. The van der Waals surface area contributed by atoms with Gasteiger partial charge in [-0.3, -0.25) is 35.1 Å². The molecule has 10 nitrogen and oxygen atoms in total. The van der Waals surface area contributed by atoms with Gasteiger partial charge < -0.3 is 0 Å². The number of carbonyl (C=O) groups excluding carboxylic acids is 1. The Morgan fingerprint density at radius 1 is 0.719 bits per heavy atom. The maximum Gasteiger partial charge on any atom is 0.592 e. The molecule has 0 N–H and O–H groups in total. The predicted molar refractivity (Wildman–Crippen MR) is 121 cm³/mol. The van der Waals surface area contributed by atoms with E-state index in [1.807, 2.05) is 18.2 Å². The van der Waals surface area contributed by atoms with Crippen LogP contribution in [0.25, 0.3) is 0 Å². The minimum absolute atomic E-state index is 0.114. The van der Waals surface area contributed by atoms with Gasteiger partial charge in [0.2, 0.25) is 0 Å². The molecule has 0 saturated carbocycles. The van der Waals surface area contributed by atoms with Crippen LogP contribution in [-0.4, -0.2) is 32.8 Å². The number of hydrogen-bond acceptors (Lipinski definition) is 7. The molecule has 171 valence electrons. The molecule has 0 amide bonds. The first kappa shape index (κ1) is 28.0. The predicted octanol–water partition coefficient (Wildman–Crippen LogP) is 4.46. The first-order valence-corrected chi connectivity index (χ1v) is 9.78. The van der Waals surface area contributed by atoms with Crippen LogP contribution in [0, 0.1) is 30.3 Å². The maximum atomic E-state index is 11.0. The van der Waals surface area contributed by atoms with Gasteiger partial charge >= 0.3 is 18.0 Å². The molecule has 0 bridgehead atoms. The van der Waals surface area contributed by atoms with Crippen LogP contribution in [0.15, 0.2) is 85.1 Å². The summed E-state index contributed by atoms with van der Waals surface area (Å²) < 4.78 is 0. The number of nitrogens with zero attached hydrogens (tertiary/aromatic N) is 3. The van der Waals surface area contributed by atoms with Crippen LogP contribution in [0.4, 0.5) is 0 Å². The molecular weight excluding hydrogens is 418 g/mol. The second-order valence-corrected chi connectivity index (χ2v) is 6.19. The summed E-state index contributed by atoms with van der Waals surface area (Å²) in [5.41, 5.74) is -3.69. The Kier molecular flexibility index (Phi) is 14.7. The smallest absolute Gasteiger partial charge is 0.273 e. The van der Waals surface area contributed by atoms with Crippen molar-refractivity contribution in [3.8, 4) is 0 Å². The van der Waals surface area contributed by atoms with E-state index in [-0.39, 0.29) is 6.42 Å². The molecule has 0 aliphatic carbocycles. The first-order valence-electron chi connectivity index (χ1n) is 9.78. The third-order valence-corrected chi connectivity index (χ3v) is 3.88. The van der Waals surface area contributed by atoms with Gasteiger partial charge in [0.1, 0.15) is 9.85 Å². The molecule has 0 aromatic rings. The average Bonchev–Trinajstić information content (AvgIpc) is 2.74. The summed E-state index contributed by atoms with van der Waals surface area (Å²) in [5, 5.41) is 32.9. The molecule has 10 heteroatoms. The maximum absolute atomic E-state index is 11.0. The molecule has 0 aliphatic heterocycles. The van der Waals surface area contributed by atoms with E-state index >= 15 is 0 Å². The first-order chi connectivity index (χ1) is 15.3. The van der Waals surface area contributed by atoms with Crippen LogP contribution >= 0.6 is 0 Å². The van der Waals surface area contributed by atoms with Gasteiger partial charge in [-0.1, -0.05) is 85.9 Å². The number of nitro groups is 3. The minimum Gasteiger partial charge on any atom is -0.273 e. The minimum atomic E-state index is -3.69. The summed E-state index contributed by atoms with van der Waals surface area (Å²) in [6, 6.07) is -2.48. The van der Waals surface area contributed by atoms with E-state index in [2.05, 4.69) is 31.2 Å². The molecule has 1 unspecified atom stereocenters. The van der Waals surface area contributed by atoms with Gasteiger partial charge in [0.15, 0.2) is 0 Å². The van der Waals surface area contributed by atoms with Crippen molar-refractivity contribution in [3.63, 3.8) is 0 Å². The summed E-state index contributed by atoms with van der Waals surface area (Å²) >= 11 is 0. The molecule has 0 aliphatic rings. The third kappa shape index (κ3) is 10.2. The molecule has 1 atom stereocenters. The monoisotopic (exact) mass is 444 g/mol. The Hall–Kier alpha value is -3.95. The van der Waals surface area contributed by atoms with E-state index in [0.717, 1.165) is 25.3 Å². The Bertz CT molecular complexity index is 822. The standard InChI is InChI=1S/C22H26N3O7/c1-2-3-4-5-6-7-8-9-10-11-12-13-14-15-16-17-18-19-21(23(27)28)22(20-26,24(29)30)25(31)32/h3-4,6-7,9-16,18-19,21H,2,5,8,17H2,1H3/b4-3+,7-6+,10-9+,12-11+,14-13+,16-15+,19-18+. The quantitative estimate of drug-likeness (QED) is 0.112. The molecule has 32 heavy (non-hydrogen) atoms. The van der Waals surface area contributed by atoms with Gasteiger partial charge in [-0.25, -0.2) is 0 Å². The second kappa shape index (κ2) is 16.8. The molecule has 0 aromatic carbocycles. The van der Waals surface area contributed by atoms with Crippen molar-refractivity contribution in [1.29, 1.82) is 0 Å². The lowest BCUT2D eigenvalue weighted by molar-refractivity contribution is -0.806. The van der Waals surface area contributed by atoms with Crippen molar-refractivity contribution in [2.75, 3.05) is 0 Å². The summed E-state index contributed by atoms with van der Waals surface area (Å²) in [4.78, 5) is 39.3. The van der Waals surface area contributed by atoms with E-state index in [9.17, 15) is 35.1 Å². The molecular formula is C22H26N3O7. The van der Waals surface area contributed by atoms with Crippen LogP contribution in [0.1, 0.15) is 32.6 Å². The summed E-state index contributed by atoms with van der Waals surface area (Å²) in [6.07, 6.45) is 27.9. The highest BCUT2D eigenvalue weighted by atomic mass is 16.7. The van der Waals surface area contributed by atoms with Crippen molar-refractivity contribution in [2.24, 2.45) is 0 Å². The molecule has 0 aromatic heterocycles. The molecule has 0 heterocycles. The van der Waals surface area contributed by atoms with Crippen LogP contribution in [0.3, 0.4) is 0 Å². The van der Waals surface area contributed by atoms with Crippen molar-refractivity contribution in [1.82, 2.24) is 0 Å². The fraction of sp³-hybridized carbons (Fsp3) is 0.318. The molecule has 0 rings (SSSR count). The van der Waals surface area contributed by atoms with Crippen LogP contribution < -0.4 is 0 Å². The number of rotatable bonds is 16. The topological polar surface area (TPSA) is 146 Å². The van der Waals surface area contributed by atoms with E-state index in [1.54, 1.807) is 30.4 Å². The molecule has 1 radical (unpaired) electrons. The summed E-state index contributed by atoms with van der Waals surface area (Å²) in [6.45, 7) is 2.09. The lowest BCUT2D eigenvalue weighted by atomic mass is 10.0. The lowest BCUT2D eigenvalue weighted by Gasteiger charge is -2.11. The third-order valence-electron chi connectivity index (χ3n) is 3.88. The highest BCUT2D eigenvalue weighted by Crippen LogP contribution is 2.18. The molecule has 0 saturated heterocycles. The van der Waals surface area contributed by atoms with Gasteiger partial charge in [0, 0.05) is 11.0 Å². The second-order valence-electron chi connectivity index (χ2n) is 6.19. The van der Waals surface area contributed by atoms with Crippen LogP contribution in [-0.2, 0) is 4.79 Å². The number of hydrogen-bond donors (Lipinski definition) is 0. The van der Waals surface area contributed by atoms with Crippen LogP contribution in [0.5, 0.6) is 0 Å². The summed E-state index contributed by atoms with van der Waals surface area (Å²) in [7, 11) is 0. The zero-order valence-electron chi connectivity index (χ0n) is 17.7. The van der Waals surface area contributed by atoms with Crippen molar-refractivity contribution >= 4 is 6.29 Å². The molecule has 0 spiro atoms. The van der Waals surface area contributed by atoms with Gasteiger partial charge in [-0.2, -0.15) is 0 Å². The van der Waals surface area contributed by atoms with Crippen molar-refractivity contribution in [3.05, 3.63) is 115 Å². The van der Waals surface area contributed by atoms with E-state index in [0.29, 0.717) is 12.4 Å². The van der Waals surface area contributed by atoms with Crippen LogP contribution in [0.2, 0.25) is 0 Å². The fourth-order valence-corrected chi connectivity index (χ4v) is 2.24. The zero-order chi connectivity index (χ0) is 24.2. The Balaban J connectivity index is 4.59. The Labute approximate surface area is 186 Å². The van der Waals surface area contributed by atoms with Gasteiger partial charge in [-0.15, -0.1) is 0 Å².